The van der Waals surface area contributed by atoms with Crippen molar-refractivity contribution < 1.29 is 47.7 Å². The Morgan fingerprint density at radius 2 is 0.622 bits per heavy atom. The molecule has 386 valence electrons. The van der Waals surface area contributed by atoms with Crippen molar-refractivity contribution in [1.82, 2.24) is 0 Å². The van der Waals surface area contributed by atoms with E-state index in [1.807, 2.05) is 146 Å². The van der Waals surface area contributed by atoms with Crippen molar-refractivity contribution in [3.63, 3.8) is 0 Å². The van der Waals surface area contributed by atoms with Gasteiger partial charge in [-0.2, -0.15) is 0 Å². The van der Waals surface area contributed by atoms with E-state index in [0.29, 0.717) is 22.3 Å². The predicted octanol–water partition coefficient (Wildman–Crippen LogP) is 15.7. The van der Waals surface area contributed by atoms with Crippen LogP contribution in [-0.2, 0) is 0 Å². The maximum atomic E-state index is 11.3. The number of hydrogen-bond donors (Lipinski definition) is 0. The largest absolute Gasteiger partial charge is 0.497 e. The third-order valence-electron chi connectivity index (χ3n) is 11.0. The first-order valence-corrected chi connectivity index (χ1v) is 23.3. The zero-order chi connectivity index (χ0) is 52.7. The maximum Gasteiger partial charge on any atom is 0.160 e. The van der Waals surface area contributed by atoms with E-state index in [4.69, 9.17) is 18.9 Å². The first-order valence-electron chi connectivity index (χ1n) is 23.3. The van der Waals surface area contributed by atoms with Crippen LogP contribution in [0.2, 0.25) is 0 Å². The number of carbonyl (C=O) groups is 6. The van der Waals surface area contributed by atoms with E-state index >= 15 is 0 Å². The van der Waals surface area contributed by atoms with Gasteiger partial charge >= 0.3 is 0 Å². The number of rotatable bonds is 13. The minimum Gasteiger partial charge on any atom is -0.497 e. The molecule has 0 bridgehead atoms. The molecule has 0 aliphatic heterocycles. The third kappa shape index (κ3) is 18.9. The van der Waals surface area contributed by atoms with Gasteiger partial charge in [-0.25, -0.2) is 0 Å². The second-order valence-corrected chi connectivity index (χ2v) is 16.4. The molecule has 74 heavy (non-hydrogen) atoms. The second kappa shape index (κ2) is 31.1. The molecule has 0 heterocycles. The van der Waals surface area contributed by atoms with Crippen LogP contribution in [0.3, 0.4) is 0 Å². The molecule has 0 spiro atoms. The van der Waals surface area contributed by atoms with Gasteiger partial charge in [0.15, 0.2) is 46.2 Å². The van der Waals surface area contributed by atoms with Gasteiger partial charge in [0, 0.05) is 33.4 Å². The minimum atomic E-state index is 0. The van der Waals surface area contributed by atoms with Crippen molar-refractivity contribution in [2.45, 2.75) is 69.7 Å². The van der Waals surface area contributed by atoms with Gasteiger partial charge in [0.05, 0.1) is 27.9 Å². The normalized spacial score (nSPS) is 9.70. The van der Waals surface area contributed by atoms with Gasteiger partial charge in [0.25, 0.3) is 0 Å². The summed E-state index contributed by atoms with van der Waals surface area (Å²) in [6.45, 7) is 12.1. The number of Topliss-reactive ketones (excluding diaryl/α,β-unsaturated/α-hetero) is 6. The van der Waals surface area contributed by atoms with Gasteiger partial charge < -0.3 is 18.9 Å². The highest BCUT2D eigenvalue weighted by molar-refractivity contribution is 6.00. The fraction of sp³-hybridized carbons (Fsp3) is 0.219. The van der Waals surface area contributed by atoms with E-state index in [0.717, 1.165) is 79.8 Å². The van der Waals surface area contributed by atoms with E-state index in [1.54, 1.807) is 73.3 Å². The summed E-state index contributed by atoms with van der Waals surface area (Å²) in [6, 6.07) is 52.3. The molecule has 0 N–H and O–H groups in total. The molecule has 0 aromatic heterocycles. The van der Waals surface area contributed by atoms with Crippen molar-refractivity contribution in [3.8, 4) is 34.1 Å². The number of benzene rings is 8. The lowest BCUT2D eigenvalue weighted by molar-refractivity contribution is 0.100. The van der Waals surface area contributed by atoms with Crippen LogP contribution < -0.4 is 18.9 Å². The van der Waals surface area contributed by atoms with Gasteiger partial charge in [0.1, 0.15) is 11.5 Å². The second-order valence-electron chi connectivity index (χ2n) is 16.4. The van der Waals surface area contributed by atoms with E-state index in [1.165, 1.54) is 13.8 Å². The summed E-state index contributed by atoms with van der Waals surface area (Å²) in [6.07, 6.45) is 1.00. The zero-order valence-electron chi connectivity index (χ0n) is 42.7. The van der Waals surface area contributed by atoms with Crippen LogP contribution in [0.1, 0.15) is 132 Å². The van der Waals surface area contributed by atoms with Gasteiger partial charge in [-0.3, -0.25) is 28.8 Å². The third-order valence-corrected chi connectivity index (χ3v) is 11.0. The molecule has 8 aromatic rings. The Bertz CT molecular complexity index is 3000. The molecule has 0 amide bonds. The fourth-order valence-electron chi connectivity index (χ4n) is 6.84. The molecule has 10 nitrogen and oxygen atoms in total. The highest BCUT2D eigenvalue weighted by atomic mass is 16.5. The summed E-state index contributed by atoms with van der Waals surface area (Å²) < 4.78 is 20.7. The van der Waals surface area contributed by atoms with Crippen LogP contribution in [0, 0.1) is 0 Å². The summed E-state index contributed by atoms with van der Waals surface area (Å²) in [5, 5.41) is 4.31. The predicted molar refractivity (Wildman–Crippen MR) is 302 cm³/mol. The van der Waals surface area contributed by atoms with Crippen LogP contribution in [0.5, 0.6) is 23.0 Å². The number of para-hydroxylation sites is 2. The summed E-state index contributed by atoms with van der Waals surface area (Å²) in [5.74, 6) is 3.60. The monoisotopic (exact) mass is 998 g/mol. The van der Waals surface area contributed by atoms with Gasteiger partial charge in [-0.1, -0.05) is 143 Å². The van der Waals surface area contributed by atoms with Crippen molar-refractivity contribution in [3.05, 3.63) is 203 Å². The van der Waals surface area contributed by atoms with Crippen LogP contribution in [0.4, 0.5) is 0 Å². The molecule has 0 unspecified atom stereocenters. The molecule has 0 fully saturated rings. The Balaban J connectivity index is 0.000000319. The Hall–Kier alpha value is -8.50. The average Bonchev–Trinajstić information content (AvgIpc) is 3.40. The number of hydrogen-bond acceptors (Lipinski definition) is 10. The van der Waals surface area contributed by atoms with Crippen LogP contribution in [0.15, 0.2) is 170 Å². The Kier molecular flexibility index (Phi) is 25.9. The van der Waals surface area contributed by atoms with E-state index < -0.39 is 0 Å². The number of carbonyl (C=O) groups excluding carboxylic acids is 6. The van der Waals surface area contributed by atoms with Gasteiger partial charge in [-0.15, -0.1) is 0 Å². The van der Waals surface area contributed by atoms with Crippen molar-refractivity contribution >= 4 is 56.2 Å². The quantitative estimate of drug-likeness (QED) is 0.103. The van der Waals surface area contributed by atoms with Gasteiger partial charge in [-0.05, 0) is 129 Å². The highest BCUT2D eigenvalue weighted by Crippen LogP contribution is 2.26. The molecular formula is C64H70O10. The molecular weight excluding hydrogens is 929 g/mol. The Morgan fingerprint density at radius 3 is 0.932 bits per heavy atom. The first-order chi connectivity index (χ1) is 34.5. The lowest BCUT2D eigenvalue weighted by Crippen LogP contribution is -1.95. The van der Waals surface area contributed by atoms with Crippen molar-refractivity contribution in [1.29, 1.82) is 0 Å². The lowest BCUT2D eigenvalue weighted by atomic mass is 10.0. The highest BCUT2D eigenvalue weighted by Gasteiger charge is 2.06. The smallest absolute Gasteiger partial charge is 0.160 e. The zero-order valence-corrected chi connectivity index (χ0v) is 42.7. The number of ketones is 6. The summed E-state index contributed by atoms with van der Waals surface area (Å²) >= 11 is 0. The summed E-state index contributed by atoms with van der Waals surface area (Å²) in [4.78, 5) is 66.5. The fourth-order valence-corrected chi connectivity index (χ4v) is 6.84. The summed E-state index contributed by atoms with van der Waals surface area (Å²) in [7, 11) is 4.89. The van der Waals surface area contributed by atoms with Crippen molar-refractivity contribution in [2.24, 2.45) is 0 Å². The molecule has 0 aliphatic carbocycles. The summed E-state index contributed by atoms with van der Waals surface area (Å²) in [5.41, 5.74) is 6.26. The number of fused-ring (bicyclic) bond motifs is 2. The molecule has 8 aromatic carbocycles. The van der Waals surface area contributed by atoms with E-state index in [2.05, 4.69) is 6.92 Å². The molecule has 0 radical (unpaired) electrons. The van der Waals surface area contributed by atoms with E-state index in [9.17, 15) is 28.8 Å². The molecule has 8 rings (SSSR count). The molecule has 0 atom stereocenters. The standard InChI is InChI=1S/C16H14O2.C15H16O2.C13H12O2.C10H10O2.C8H10O2.2CH4/c1-11(17)13-3-7-15(8-4-13)16-9-5-14(6-10-16)12(2)18;1-3-8-17-15-7-6-13-9-12(11(2)16)4-5-14(13)10-15;1-9(14)10-3-4-12-8-13(15-2)6-5-11(12)7-10;1-7(11)9-3-5-10(6-4-9)8(2)12;1-9-7-5-3-4-6-8(7)10-2;;/h3-10H,1-2H3;4-7,9-10H,3,8H2,1-2H3;3-8H,1-2H3;3-6H,1-2H3;3-6H,1-2H3;2*1H4. The molecule has 0 saturated carbocycles. The van der Waals surface area contributed by atoms with Crippen LogP contribution >= 0.6 is 0 Å². The molecule has 0 saturated heterocycles. The average molecular weight is 999 g/mol. The van der Waals surface area contributed by atoms with Crippen LogP contribution in [-0.4, -0.2) is 62.6 Å². The maximum absolute atomic E-state index is 11.3. The Morgan fingerprint density at radius 1 is 0.338 bits per heavy atom. The number of methoxy groups -OCH3 is 3. The Labute approximate surface area is 437 Å². The van der Waals surface area contributed by atoms with Crippen molar-refractivity contribution in [2.75, 3.05) is 27.9 Å². The lowest BCUT2D eigenvalue weighted by Gasteiger charge is -2.06. The topological polar surface area (TPSA) is 139 Å². The SMILES string of the molecule is C.C.CC(=O)c1ccc(-c2ccc(C(C)=O)cc2)cc1.CC(=O)c1ccc(C(C)=O)cc1.CCCOc1ccc2cc(C(C)=O)ccc2c1.COc1ccc2cc(C(C)=O)ccc2c1.COc1ccccc1OC. The molecule has 10 heteroatoms. The minimum absolute atomic E-state index is 0. The first kappa shape index (κ1) is 61.6. The van der Waals surface area contributed by atoms with E-state index in [-0.39, 0.29) is 49.6 Å². The molecule has 0 aliphatic rings. The van der Waals surface area contributed by atoms with Gasteiger partial charge in [0.2, 0.25) is 0 Å². The number of ether oxygens (including phenoxy) is 4. The van der Waals surface area contributed by atoms with Crippen LogP contribution in [0.25, 0.3) is 32.7 Å².